The molecule has 84 valence electrons. The number of hydrogen-bond acceptors (Lipinski definition) is 1. The molecule has 1 nitrogen and oxygen atoms in total. The Hall–Kier alpha value is -0.0400. The van der Waals surface area contributed by atoms with Crippen molar-refractivity contribution in [3.05, 3.63) is 0 Å². The summed E-state index contributed by atoms with van der Waals surface area (Å²) in [5, 5.41) is 3.52. The highest BCUT2D eigenvalue weighted by molar-refractivity contribution is 4.78. The summed E-state index contributed by atoms with van der Waals surface area (Å²) in [6.07, 6.45) is 10.0. The molecule has 1 fully saturated rings. The molecule has 0 spiro atoms. The highest BCUT2D eigenvalue weighted by Gasteiger charge is 2.21. The molecule has 1 heteroatoms. The Morgan fingerprint density at radius 1 is 1.14 bits per heavy atom. The Morgan fingerprint density at radius 3 is 2.50 bits per heavy atom. The van der Waals surface area contributed by atoms with Gasteiger partial charge in [-0.1, -0.05) is 39.5 Å². The van der Waals surface area contributed by atoms with Crippen LogP contribution in [0.1, 0.15) is 58.8 Å². The van der Waals surface area contributed by atoms with Gasteiger partial charge in [-0.25, -0.2) is 0 Å². The van der Waals surface area contributed by atoms with Crippen molar-refractivity contribution >= 4 is 0 Å². The van der Waals surface area contributed by atoms with Crippen molar-refractivity contribution in [2.24, 2.45) is 11.8 Å². The third kappa shape index (κ3) is 4.00. The van der Waals surface area contributed by atoms with Crippen molar-refractivity contribution in [2.45, 2.75) is 64.8 Å². The molecule has 0 amide bonds. The molecule has 2 unspecified atom stereocenters. The van der Waals surface area contributed by atoms with Crippen LogP contribution in [0.3, 0.4) is 0 Å². The zero-order valence-electron chi connectivity index (χ0n) is 10.2. The minimum Gasteiger partial charge on any atom is -0.317 e. The number of rotatable bonds is 4. The van der Waals surface area contributed by atoms with Gasteiger partial charge in [0.05, 0.1) is 0 Å². The van der Waals surface area contributed by atoms with Gasteiger partial charge in [-0.3, -0.25) is 0 Å². The predicted molar refractivity (Wildman–Crippen MR) is 63.5 cm³/mol. The molecule has 0 saturated heterocycles. The van der Waals surface area contributed by atoms with Crippen LogP contribution >= 0.6 is 0 Å². The topological polar surface area (TPSA) is 12.0 Å². The van der Waals surface area contributed by atoms with E-state index in [0.717, 1.165) is 17.9 Å². The van der Waals surface area contributed by atoms with Gasteiger partial charge in [-0.05, 0) is 38.1 Å². The zero-order chi connectivity index (χ0) is 10.4. The van der Waals surface area contributed by atoms with E-state index in [1.54, 1.807) is 0 Å². The molecule has 0 heterocycles. The lowest BCUT2D eigenvalue weighted by Crippen LogP contribution is -2.32. The van der Waals surface area contributed by atoms with Gasteiger partial charge in [0.25, 0.3) is 0 Å². The molecule has 1 N–H and O–H groups in total. The molecule has 1 saturated carbocycles. The minimum absolute atomic E-state index is 0.802. The smallest absolute Gasteiger partial charge is 0.00923 e. The summed E-state index contributed by atoms with van der Waals surface area (Å²) in [5.74, 6) is 1.82. The standard InChI is InChI=1S/C13H27N/c1-11(2)9-10-12-7-5-4-6-8-13(12)14-3/h11-14H,4-10H2,1-3H3. The summed E-state index contributed by atoms with van der Waals surface area (Å²) in [5.41, 5.74) is 0. The van der Waals surface area contributed by atoms with Crippen LogP contribution in [0.5, 0.6) is 0 Å². The molecule has 1 aliphatic rings. The van der Waals surface area contributed by atoms with Crippen molar-refractivity contribution in [1.82, 2.24) is 5.32 Å². The van der Waals surface area contributed by atoms with Crippen LogP contribution < -0.4 is 5.32 Å². The van der Waals surface area contributed by atoms with Gasteiger partial charge in [0.15, 0.2) is 0 Å². The number of hydrogen-bond donors (Lipinski definition) is 1. The van der Waals surface area contributed by atoms with Crippen molar-refractivity contribution < 1.29 is 0 Å². The van der Waals surface area contributed by atoms with E-state index >= 15 is 0 Å². The van der Waals surface area contributed by atoms with Gasteiger partial charge < -0.3 is 5.32 Å². The first-order chi connectivity index (χ1) is 6.74. The van der Waals surface area contributed by atoms with Gasteiger partial charge in [0.2, 0.25) is 0 Å². The normalized spacial score (nSPS) is 29.1. The fourth-order valence-electron chi connectivity index (χ4n) is 2.66. The second-order valence-corrected chi connectivity index (χ2v) is 5.26. The van der Waals surface area contributed by atoms with Gasteiger partial charge in [0.1, 0.15) is 0 Å². The number of nitrogens with one attached hydrogen (secondary N) is 1. The summed E-state index contributed by atoms with van der Waals surface area (Å²) in [7, 11) is 2.14. The van der Waals surface area contributed by atoms with Crippen LogP contribution in [-0.4, -0.2) is 13.1 Å². The minimum atomic E-state index is 0.802. The molecule has 0 bridgehead atoms. The average molecular weight is 197 g/mol. The summed E-state index contributed by atoms with van der Waals surface area (Å²) < 4.78 is 0. The highest BCUT2D eigenvalue weighted by atomic mass is 14.9. The Kier molecular flexibility index (Phi) is 5.54. The Morgan fingerprint density at radius 2 is 1.86 bits per heavy atom. The van der Waals surface area contributed by atoms with Crippen LogP contribution in [0.15, 0.2) is 0 Å². The van der Waals surface area contributed by atoms with Crippen molar-refractivity contribution in [1.29, 1.82) is 0 Å². The first-order valence-corrected chi connectivity index (χ1v) is 6.41. The van der Waals surface area contributed by atoms with Crippen LogP contribution in [0, 0.1) is 11.8 Å². The lowest BCUT2D eigenvalue weighted by molar-refractivity contribution is 0.311. The summed E-state index contributed by atoms with van der Waals surface area (Å²) in [4.78, 5) is 0. The van der Waals surface area contributed by atoms with Gasteiger partial charge in [0, 0.05) is 6.04 Å². The molecule has 0 aromatic heterocycles. The molecule has 14 heavy (non-hydrogen) atoms. The molecule has 0 aromatic rings. The largest absolute Gasteiger partial charge is 0.317 e. The monoisotopic (exact) mass is 197 g/mol. The third-order valence-corrected chi connectivity index (χ3v) is 3.64. The van der Waals surface area contributed by atoms with Gasteiger partial charge in [-0.2, -0.15) is 0 Å². The van der Waals surface area contributed by atoms with Gasteiger partial charge in [-0.15, -0.1) is 0 Å². The maximum atomic E-state index is 3.52. The Balaban J connectivity index is 2.36. The second-order valence-electron chi connectivity index (χ2n) is 5.26. The maximum absolute atomic E-state index is 3.52. The fraction of sp³-hybridized carbons (Fsp3) is 1.00. The zero-order valence-corrected chi connectivity index (χ0v) is 10.2. The first-order valence-electron chi connectivity index (χ1n) is 6.41. The maximum Gasteiger partial charge on any atom is 0.00923 e. The average Bonchev–Trinajstić information content (AvgIpc) is 2.38. The molecule has 0 aliphatic heterocycles. The summed E-state index contributed by atoms with van der Waals surface area (Å²) in [6.45, 7) is 4.68. The Labute approximate surface area is 89.7 Å². The quantitative estimate of drug-likeness (QED) is 0.679. The molecule has 0 radical (unpaired) electrons. The first kappa shape index (κ1) is 12.0. The van der Waals surface area contributed by atoms with E-state index in [2.05, 4.69) is 26.2 Å². The highest BCUT2D eigenvalue weighted by Crippen LogP contribution is 2.28. The van der Waals surface area contributed by atoms with E-state index in [1.807, 2.05) is 0 Å². The summed E-state index contributed by atoms with van der Waals surface area (Å²) in [6, 6.07) is 0.802. The SMILES string of the molecule is CNC1CCCCCC1CCC(C)C. The Bertz CT molecular complexity index is 142. The predicted octanol–water partition coefficient (Wildman–Crippen LogP) is 3.59. The lowest BCUT2D eigenvalue weighted by Gasteiger charge is -2.25. The molecule has 1 aliphatic carbocycles. The van der Waals surface area contributed by atoms with Crippen molar-refractivity contribution in [3.8, 4) is 0 Å². The van der Waals surface area contributed by atoms with Gasteiger partial charge >= 0.3 is 0 Å². The van der Waals surface area contributed by atoms with Crippen molar-refractivity contribution in [2.75, 3.05) is 7.05 Å². The van der Waals surface area contributed by atoms with E-state index < -0.39 is 0 Å². The lowest BCUT2D eigenvalue weighted by atomic mass is 9.88. The molecular formula is C13H27N. The molecular weight excluding hydrogens is 170 g/mol. The van der Waals surface area contributed by atoms with E-state index in [0.29, 0.717) is 0 Å². The molecule has 1 rings (SSSR count). The van der Waals surface area contributed by atoms with Crippen LogP contribution in [0.25, 0.3) is 0 Å². The second kappa shape index (κ2) is 6.44. The third-order valence-electron chi connectivity index (χ3n) is 3.64. The van der Waals surface area contributed by atoms with Crippen LogP contribution in [-0.2, 0) is 0 Å². The van der Waals surface area contributed by atoms with E-state index in [4.69, 9.17) is 0 Å². The van der Waals surface area contributed by atoms with E-state index in [9.17, 15) is 0 Å². The van der Waals surface area contributed by atoms with E-state index in [1.165, 1.54) is 44.9 Å². The van der Waals surface area contributed by atoms with Crippen LogP contribution in [0.4, 0.5) is 0 Å². The molecule has 0 aromatic carbocycles. The molecule has 2 atom stereocenters. The summed E-state index contributed by atoms with van der Waals surface area (Å²) >= 11 is 0. The van der Waals surface area contributed by atoms with Crippen molar-refractivity contribution in [3.63, 3.8) is 0 Å². The van der Waals surface area contributed by atoms with Crippen LogP contribution in [0.2, 0.25) is 0 Å². The fourth-order valence-corrected chi connectivity index (χ4v) is 2.66. The van der Waals surface area contributed by atoms with E-state index in [-0.39, 0.29) is 0 Å².